The van der Waals surface area contributed by atoms with E-state index in [0.29, 0.717) is 18.1 Å². The molecule has 2 aliphatic rings. The Bertz CT molecular complexity index is 839. The van der Waals surface area contributed by atoms with Gasteiger partial charge in [0, 0.05) is 23.2 Å². The van der Waals surface area contributed by atoms with Crippen LogP contribution in [0.1, 0.15) is 59.3 Å². The molecule has 1 aliphatic carbocycles. The fourth-order valence-corrected chi connectivity index (χ4v) is 4.95. The van der Waals surface area contributed by atoms with E-state index in [-0.39, 0.29) is 17.4 Å². The van der Waals surface area contributed by atoms with Gasteiger partial charge in [-0.15, -0.1) is 11.3 Å². The van der Waals surface area contributed by atoms with Crippen molar-refractivity contribution in [3.8, 4) is 0 Å². The molecule has 136 valence electrons. The Morgan fingerprint density at radius 2 is 2.04 bits per heavy atom. The number of carbonyl (C=O) groups excluding carboxylic acids is 2. The molecule has 0 unspecified atom stereocenters. The second kappa shape index (κ2) is 6.83. The lowest BCUT2D eigenvalue weighted by Gasteiger charge is -2.44. The highest BCUT2D eigenvalue weighted by Crippen LogP contribution is 2.41. The van der Waals surface area contributed by atoms with Gasteiger partial charge in [-0.3, -0.25) is 9.59 Å². The van der Waals surface area contributed by atoms with E-state index < -0.39 is 0 Å². The van der Waals surface area contributed by atoms with Gasteiger partial charge in [0.25, 0.3) is 5.91 Å². The number of thiazole rings is 1. The summed E-state index contributed by atoms with van der Waals surface area (Å²) in [5.41, 5.74) is 1.47. The molecular weight excluding hydrogens is 346 g/mol. The molecule has 26 heavy (non-hydrogen) atoms. The van der Waals surface area contributed by atoms with E-state index in [4.69, 9.17) is 0 Å². The smallest absolute Gasteiger partial charge is 0.254 e. The van der Waals surface area contributed by atoms with E-state index in [0.717, 1.165) is 41.7 Å². The zero-order valence-corrected chi connectivity index (χ0v) is 15.8. The zero-order valence-electron chi connectivity index (χ0n) is 15.0. The van der Waals surface area contributed by atoms with E-state index in [1.165, 1.54) is 17.8 Å². The zero-order chi connectivity index (χ0) is 18.1. The summed E-state index contributed by atoms with van der Waals surface area (Å²) in [5.74, 6) is 0.0189. The largest absolute Gasteiger partial charge is 0.328 e. The lowest BCUT2D eigenvalue weighted by Crippen LogP contribution is -2.52. The number of anilines is 1. The summed E-state index contributed by atoms with van der Waals surface area (Å²) >= 11 is 1.48. The summed E-state index contributed by atoms with van der Waals surface area (Å²) in [5, 5.41) is 3.56. The Balaban J connectivity index is 1.56. The van der Waals surface area contributed by atoms with Crippen LogP contribution in [0.4, 0.5) is 5.13 Å². The standard InChI is InChI=1S/C20H23N3O2S/c1-14-12-21-19(26-14)22-17(24)11-20(9-5-2-6-10-20)23-13-15-7-3-4-8-16(15)18(23)25/h3-4,7-8,12H,2,5-6,9-11,13H2,1H3,(H,21,22,24). The van der Waals surface area contributed by atoms with Crippen LogP contribution in [0.2, 0.25) is 0 Å². The maximum Gasteiger partial charge on any atom is 0.254 e. The highest BCUT2D eigenvalue weighted by Gasteiger charge is 2.45. The Labute approximate surface area is 157 Å². The van der Waals surface area contributed by atoms with E-state index in [2.05, 4.69) is 10.3 Å². The molecule has 0 saturated heterocycles. The van der Waals surface area contributed by atoms with Gasteiger partial charge in [0.15, 0.2) is 5.13 Å². The van der Waals surface area contributed by atoms with Crippen LogP contribution in [0.15, 0.2) is 30.5 Å². The maximum atomic E-state index is 13.0. The van der Waals surface area contributed by atoms with Gasteiger partial charge in [-0.05, 0) is 31.4 Å². The lowest BCUT2D eigenvalue weighted by atomic mass is 9.77. The van der Waals surface area contributed by atoms with Gasteiger partial charge in [-0.2, -0.15) is 0 Å². The fourth-order valence-electron chi connectivity index (χ4n) is 4.26. The van der Waals surface area contributed by atoms with Crippen molar-refractivity contribution in [2.75, 3.05) is 5.32 Å². The van der Waals surface area contributed by atoms with Crippen LogP contribution in [0.25, 0.3) is 0 Å². The van der Waals surface area contributed by atoms with Crippen molar-refractivity contribution in [2.45, 2.75) is 57.5 Å². The number of aryl methyl sites for hydroxylation is 1. The monoisotopic (exact) mass is 369 g/mol. The molecule has 1 saturated carbocycles. The molecule has 0 bridgehead atoms. The van der Waals surface area contributed by atoms with Crippen LogP contribution < -0.4 is 5.32 Å². The van der Waals surface area contributed by atoms with Crippen molar-refractivity contribution in [3.63, 3.8) is 0 Å². The van der Waals surface area contributed by atoms with Crippen molar-refractivity contribution in [1.29, 1.82) is 0 Å². The predicted molar refractivity (Wildman–Crippen MR) is 102 cm³/mol. The molecule has 0 spiro atoms. The fraction of sp³-hybridized carbons (Fsp3) is 0.450. The molecule has 2 heterocycles. The Hall–Kier alpha value is -2.21. The molecule has 0 radical (unpaired) electrons. The van der Waals surface area contributed by atoms with Crippen LogP contribution in [0.5, 0.6) is 0 Å². The summed E-state index contributed by atoms with van der Waals surface area (Å²) in [6.45, 7) is 2.58. The number of fused-ring (bicyclic) bond motifs is 1. The Morgan fingerprint density at radius 3 is 2.73 bits per heavy atom. The SMILES string of the molecule is Cc1cnc(NC(=O)CC2(N3Cc4ccccc4C3=O)CCCCC2)s1. The second-order valence-corrected chi connectivity index (χ2v) is 8.57. The third-order valence-corrected chi connectivity index (χ3v) is 6.36. The normalized spacial score (nSPS) is 18.7. The van der Waals surface area contributed by atoms with Gasteiger partial charge in [0.1, 0.15) is 0 Å². The van der Waals surface area contributed by atoms with Crippen LogP contribution in [0.3, 0.4) is 0 Å². The Kier molecular flexibility index (Phi) is 4.53. The first-order valence-corrected chi connectivity index (χ1v) is 10.0. The third-order valence-electron chi connectivity index (χ3n) is 5.54. The maximum absolute atomic E-state index is 13.0. The molecule has 4 rings (SSSR count). The summed E-state index contributed by atoms with van der Waals surface area (Å²) in [4.78, 5) is 33.0. The average Bonchev–Trinajstić information content (AvgIpc) is 3.19. The number of benzene rings is 1. The van der Waals surface area contributed by atoms with Crippen LogP contribution >= 0.6 is 11.3 Å². The van der Waals surface area contributed by atoms with Crippen LogP contribution in [0, 0.1) is 6.92 Å². The number of rotatable bonds is 4. The highest BCUT2D eigenvalue weighted by atomic mass is 32.1. The van der Waals surface area contributed by atoms with Gasteiger partial charge in [-0.25, -0.2) is 4.98 Å². The first-order valence-electron chi connectivity index (χ1n) is 9.20. The second-order valence-electron chi connectivity index (χ2n) is 7.33. The van der Waals surface area contributed by atoms with Gasteiger partial charge in [-0.1, -0.05) is 37.5 Å². The number of carbonyl (C=O) groups is 2. The Morgan fingerprint density at radius 1 is 1.27 bits per heavy atom. The predicted octanol–water partition coefficient (Wildman–Crippen LogP) is 4.14. The molecule has 5 nitrogen and oxygen atoms in total. The molecule has 1 N–H and O–H groups in total. The van der Waals surface area contributed by atoms with Crippen molar-refractivity contribution in [3.05, 3.63) is 46.5 Å². The first-order chi connectivity index (χ1) is 12.6. The molecule has 1 aromatic heterocycles. The summed E-state index contributed by atoms with van der Waals surface area (Å²) in [6.07, 6.45) is 7.16. The molecule has 2 aromatic rings. The topological polar surface area (TPSA) is 62.3 Å². The van der Waals surface area contributed by atoms with E-state index in [1.54, 1.807) is 6.20 Å². The number of amides is 2. The van der Waals surface area contributed by atoms with E-state index in [9.17, 15) is 9.59 Å². The number of hydrogen-bond acceptors (Lipinski definition) is 4. The van der Waals surface area contributed by atoms with Crippen LogP contribution in [-0.2, 0) is 11.3 Å². The molecule has 0 atom stereocenters. The number of nitrogens with zero attached hydrogens (tertiary/aromatic N) is 2. The quantitative estimate of drug-likeness (QED) is 0.881. The number of nitrogens with one attached hydrogen (secondary N) is 1. The van der Waals surface area contributed by atoms with Crippen molar-refractivity contribution in [2.24, 2.45) is 0 Å². The van der Waals surface area contributed by atoms with Crippen molar-refractivity contribution >= 4 is 28.3 Å². The van der Waals surface area contributed by atoms with E-state index >= 15 is 0 Å². The first kappa shape index (κ1) is 17.2. The van der Waals surface area contributed by atoms with Crippen molar-refractivity contribution in [1.82, 2.24) is 9.88 Å². The van der Waals surface area contributed by atoms with Gasteiger partial charge in [0.2, 0.25) is 5.91 Å². The number of aromatic nitrogens is 1. The molecule has 2 amide bonds. The minimum Gasteiger partial charge on any atom is -0.328 e. The highest BCUT2D eigenvalue weighted by molar-refractivity contribution is 7.15. The van der Waals surface area contributed by atoms with Crippen molar-refractivity contribution < 1.29 is 9.59 Å². The minimum absolute atomic E-state index is 0.0509. The van der Waals surface area contributed by atoms with Gasteiger partial charge in [0.05, 0.1) is 12.0 Å². The van der Waals surface area contributed by atoms with Gasteiger partial charge >= 0.3 is 0 Å². The molecule has 1 aliphatic heterocycles. The summed E-state index contributed by atoms with van der Waals surface area (Å²) in [6, 6.07) is 7.79. The van der Waals surface area contributed by atoms with Crippen LogP contribution in [-0.4, -0.2) is 27.2 Å². The third kappa shape index (κ3) is 3.14. The number of hydrogen-bond donors (Lipinski definition) is 1. The van der Waals surface area contributed by atoms with E-state index in [1.807, 2.05) is 36.1 Å². The molecular formula is C20H23N3O2S. The summed E-state index contributed by atoms with van der Waals surface area (Å²) in [7, 11) is 0. The lowest BCUT2D eigenvalue weighted by molar-refractivity contribution is -0.119. The molecule has 1 fully saturated rings. The minimum atomic E-state index is -0.384. The van der Waals surface area contributed by atoms with Gasteiger partial charge < -0.3 is 10.2 Å². The summed E-state index contributed by atoms with van der Waals surface area (Å²) < 4.78 is 0. The molecule has 6 heteroatoms. The molecule has 1 aromatic carbocycles. The average molecular weight is 369 g/mol.